The minimum Gasteiger partial charge on any atom is -0.388 e. The van der Waals surface area contributed by atoms with Gasteiger partial charge in [-0.15, -0.1) is 0 Å². The molecule has 1 aromatic carbocycles. The number of aromatic nitrogens is 1. The van der Waals surface area contributed by atoms with E-state index >= 15 is 0 Å². The van der Waals surface area contributed by atoms with Gasteiger partial charge in [0.15, 0.2) is 0 Å². The summed E-state index contributed by atoms with van der Waals surface area (Å²) in [7, 11) is 0. The molecule has 100 valence electrons. The van der Waals surface area contributed by atoms with Crippen LogP contribution in [0.15, 0.2) is 36.5 Å². The number of aliphatic hydroxyl groups excluding tert-OH is 1. The van der Waals surface area contributed by atoms with Crippen LogP contribution >= 0.6 is 0 Å². The smallest absolute Gasteiger partial charge is 0.0818 e. The fourth-order valence-corrected chi connectivity index (χ4v) is 3.14. The Labute approximate surface area is 114 Å². The zero-order valence-corrected chi connectivity index (χ0v) is 11.4. The molecule has 0 radical (unpaired) electrons. The Morgan fingerprint density at radius 1 is 1.16 bits per heavy atom. The number of hydrogen-bond acceptors (Lipinski definition) is 2. The van der Waals surface area contributed by atoms with Gasteiger partial charge >= 0.3 is 0 Å². The molecule has 1 N–H and O–H groups in total. The predicted molar refractivity (Wildman–Crippen MR) is 77.8 cm³/mol. The third-order valence-corrected chi connectivity index (χ3v) is 4.48. The molecule has 19 heavy (non-hydrogen) atoms. The van der Waals surface area contributed by atoms with Crippen LogP contribution in [0.3, 0.4) is 0 Å². The largest absolute Gasteiger partial charge is 0.388 e. The van der Waals surface area contributed by atoms with E-state index in [0.29, 0.717) is 5.92 Å². The second-order valence-corrected chi connectivity index (χ2v) is 5.92. The molecule has 3 rings (SSSR count). The Morgan fingerprint density at radius 2 is 1.95 bits per heavy atom. The average molecular weight is 255 g/mol. The summed E-state index contributed by atoms with van der Waals surface area (Å²) in [5.41, 5.74) is 1.99. The van der Waals surface area contributed by atoms with Crippen LogP contribution in [0.5, 0.6) is 0 Å². The second-order valence-electron chi connectivity index (χ2n) is 5.92. The molecule has 0 bridgehead atoms. The Morgan fingerprint density at radius 3 is 2.74 bits per heavy atom. The maximum absolute atomic E-state index is 10.6. The monoisotopic (exact) mass is 255 g/mol. The van der Waals surface area contributed by atoms with Crippen molar-refractivity contribution in [2.24, 2.45) is 11.8 Å². The Balaban J connectivity index is 1.83. The molecule has 2 aromatic rings. The summed E-state index contributed by atoms with van der Waals surface area (Å²) in [6.07, 6.45) is 6.24. The lowest BCUT2D eigenvalue weighted by Gasteiger charge is -2.30. The van der Waals surface area contributed by atoms with Gasteiger partial charge in [0.1, 0.15) is 0 Å². The maximum atomic E-state index is 10.6. The Hall–Kier alpha value is -1.41. The van der Waals surface area contributed by atoms with E-state index in [1.165, 1.54) is 12.8 Å². The van der Waals surface area contributed by atoms with Crippen molar-refractivity contribution in [2.45, 2.75) is 38.7 Å². The molecular formula is C17H21NO. The molecular weight excluding hydrogens is 234 g/mol. The van der Waals surface area contributed by atoms with Gasteiger partial charge in [-0.2, -0.15) is 0 Å². The summed E-state index contributed by atoms with van der Waals surface area (Å²) in [6, 6.07) is 10.2. The van der Waals surface area contributed by atoms with Gasteiger partial charge in [0.25, 0.3) is 0 Å². The normalized spacial score (nSPS) is 25.4. The molecule has 2 heteroatoms. The predicted octanol–water partition coefficient (Wildman–Crippen LogP) is 4.09. The zero-order chi connectivity index (χ0) is 13.2. The van der Waals surface area contributed by atoms with Crippen molar-refractivity contribution in [3.8, 4) is 0 Å². The number of aliphatic hydroxyl groups is 1. The van der Waals surface area contributed by atoms with Crippen molar-refractivity contribution in [3.05, 3.63) is 42.1 Å². The molecule has 1 aromatic heterocycles. The molecule has 1 saturated carbocycles. The molecule has 1 atom stereocenters. The van der Waals surface area contributed by atoms with Gasteiger partial charge in [-0.1, -0.05) is 38.0 Å². The van der Waals surface area contributed by atoms with Crippen LogP contribution in [0.4, 0.5) is 0 Å². The van der Waals surface area contributed by atoms with Gasteiger partial charge in [-0.3, -0.25) is 4.98 Å². The fraction of sp³-hybridized carbons (Fsp3) is 0.471. The minimum absolute atomic E-state index is 0.334. The SMILES string of the molecule is CC1CCC(C(O)c2ccc3cccnc3c2)CC1. The molecule has 1 aliphatic rings. The zero-order valence-electron chi connectivity index (χ0n) is 11.4. The maximum Gasteiger partial charge on any atom is 0.0818 e. The van der Waals surface area contributed by atoms with E-state index in [4.69, 9.17) is 0 Å². The average Bonchev–Trinajstić information content (AvgIpc) is 2.47. The lowest BCUT2D eigenvalue weighted by atomic mass is 9.78. The molecule has 1 unspecified atom stereocenters. The van der Waals surface area contributed by atoms with Crippen LogP contribution in [0.25, 0.3) is 10.9 Å². The van der Waals surface area contributed by atoms with Crippen molar-refractivity contribution in [2.75, 3.05) is 0 Å². The summed E-state index contributed by atoms with van der Waals surface area (Å²) in [6.45, 7) is 2.31. The van der Waals surface area contributed by atoms with Crippen LogP contribution in [0, 0.1) is 11.8 Å². The van der Waals surface area contributed by atoms with Crippen LogP contribution in [0.1, 0.15) is 44.3 Å². The van der Waals surface area contributed by atoms with Gasteiger partial charge in [0.2, 0.25) is 0 Å². The van der Waals surface area contributed by atoms with Crippen LogP contribution in [-0.2, 0) is 0 Å². The molecule has 0 spiro atoms. The number of rotatable bonds is 2. The van der Waals surface area contributed by atoms with Gasteiger partial charge in [-0.05, 0) is 42.4 Å². The quantitative estimate of drug-likeness (QED) is 0.876. The number of benzene rings is 1. The van der Waals surface area contributed by atoms with E-state index < -0.39 is 0 Å². The number of nitrogens with zero attached hydrogens (tertiary/aromatic N) is 1. The molecule has 0 aliphatic heterocycles. The van der Waals surface area contributed by atoms with Crippen LogP contribution in [0.2, 0.25) is 0 Å². The van der Waals surface area contributed by atoms with Gasteiger partial charge in [-0.25, -0.2) is 0 Å². The third kappa shape index (κ3) is 2.64. The first-order valence-electron chi connectivity index (χ1n) is 7.27. The van der Waals surface area contributed by atoms with E-state index in [1.54, 1.807) is 6.20 Å². The second kappa shape index (κ2) is 5.30. The molecule has 0 saturated heterocycles. The van der Waals surface area contributed by atoms with E-state index in [2.05, 4.69) is 24.0 Å². The number of pyridine rings is 1. The molecule has 1 fully saturated rings. The van der Waals surface area contributed by atoms with Crippen molar-refractivity contribution >= 4 is 10.9 Å². The van der Waals surface area contributed by atoms with E-state index in [-0.39, 0.29) is 6.10 Å². The van der Waals surface area contributed by atoms with Crippen molar-refractivity contribution < 1.29 is 5.11 Å². The van der Waals surface area contributed by atoms with Crippen LogP contribution < -0.4 is 0 Å². The topological polar surface area (TPSA) is 33.1 Å². The Kier molecular flexibility index (Phi) is 3.52. The fourth-order valence-electron chi connectivity index (χ4n) is 3.14. The minimum atomic E-state index is -0.334. The van der Waals surface area contributed by atoms with E-state index in [1.807, 2.05) is 18.2 Å². The summed E-state index contributed by atoms with van der Waals surface area (Å²) < 4.78 is 0. The highest BCUT2D eigenvalue weighted by molar-refractivity contribution is 5.78. The summed E-state index contributed by atoms with van der Waals surface area (Å²) in [5.74, 6) is 1.24. The van der Waals surface area contributed by atoms with E-state index in [0.717, 1.165) is 35.2 Å². The lowest BCUT2D eigenvalue weighted by molar-refractivity contribution is 0.0756. The summed E-state index contributed by atoms with van der Waals surface area (Å²) >= 11 is 0. The van der Waals surface area contributed by atoms with Crippen molar-refractivity contribution in [1.29, 1.82) is 0 Å². The van der Waals surface area contributed by atoms with Crippen molar-refractivity contribution in [3.63, 3.8) is 0 Å². The van der Waals surface area contributed by atoms with Gasteiger partial charge in [0, 0.05) is 11.6 Å². The standard InChI is InChI=1S/C17H21NO/c1-12-4-6-14(7-5-12)17(19)15-9-8-13-3-2-10-18-16(13)11-15/h2-3,8-12,14,17,19H,4-7H2,1H3. The molecule has 1 heterocycles. The highest BCUT2D eigenvalue weighted by atomic mass is 16.3. The molecule has 2 nitrogen and oxygen atoms in total. The first kappa shape index (κ1) is 12.6. The number of hydrogen-bond donors (Lipinski definition) is 1. The first-order valence-corrected chi connectivity index (χ1v) is 7.27. The summed E-state index contributed by atoms with van der Waals surface area (Å²) in [5, 5.41) is 11.7. The summed E-state index contributed by atoms with van der Waals surface area (Å²) in [4.78, 5) is 4.37. The molecule has 0 amide bonds. The highest BCUT2D eigenvalue weighted by Crippen LogP contribution is 2.37. The highest BCUT2D eigenvalue weighted by Gasteiger charge is 2.25. The first-order chi connectivity index (χ1) is 9.24. The van der Waals surface area contributed by atoms with Gasteiger partial charge < -0.3 is 5.11 Å². The Bertz CT molecular complexity index is 558. The third-order valence-electron chi connectivity index (χ3n) is 4.48. The van der Waals surface area contributed by atoms with E-state index in [9.17, 15) is 5.11 Å². The lowest BCUT2D eigenvalue weighted by Crippen LogP contribution is -2.19. The van der Waals surface area contributed by atoms with Crippen LogP contribution in [-0.4, -0.2) is 10.1 Å². The molecule has 1 aliphatic carbocycles. The van der Waals surface area contributed by atoms with Crippen molar-refractivity contribution in [1.82, 2.24) is 4.98 Å². The van der Waals surface area contributed by atoms with Gasteiger partial charge in [0.05, 0.1) is 11.6 Å². The number of fused-ring (bicyclic) bond motifs is 1.